The summed E-state index contributed by atoms with van der Waals surface area (Å²) < 4.78 is 26.7. The number of sulfonamides is 1. The molecule has 110 valence electrons. The minimum Gasteiger partial charge on any atom is -0.308 e. The molecule has 1 heterocycles. The molecule has 0 amide bonds. The van der Waals surface area contributed by atoms with Gasteiger partial charge in [-0.1, -0.05) is 6.92 Å². The summed E-state index contributed by atoms with van der Waals surface area (Å²) in [6, 6.07) is -0.128. The molecule has 1 atom stereocenters. The molecule has 1 N–H and O–H groups in total. The van der Waals surface area contributed by atoms with Crippen LogP contribution in [-0.2, 0) is 15.9 Å². The molecule has 1 rings (SSSR count). The van der Waals surface area contributed by atoms with Crippen molar-refractivity contribution in [3.8, 4) is 0 Å². The van der Waals surface area contributed by atoms with Crippen molar-refractivity contribution in [3.05, 3.63) is 11.8 Å². The fraction of sp³-hybridized carbons (Fsp3) is 0.727. The van der Waals surface area contributed by atoms with E-state index in [0.29, 0.717) is 18.7 Å². The summed E-state index contributed by atoms with van der Waals surface area (Å²) in [6.07, 6.45) is 1.45. The molecule has 0 aliphatic heterocycles. The Bertz CT molecular complexity index is 501. The van der Waals surface area contributed by atoms with Gasteiger partial charge in [-0.3, -0.25) is 5.10 Å². The quantitative estimate of drug-likeness (QED) is 0.766. The van der Waals surface area contributed by atoms with Gasteiger partial charge >= 0.3 is 0 Å². The molecule has 0 aliphatic rings. The highest BCUT2D eigenvalue weighted by Crippen LogP contribution is 2.21. The van der Waals surface area contributed by atoms with E-state index in [9.17, 15) is 8.42 Å². The Balaban J connectivity index is 3.09. The van der Waals surface area contributed by atoms with E-state index in [1.807, 2.05) is 32.8 Å². The lowest BCUT2D eigenvalue weighted by atomic mass is 10.3. The second-order valence-electron chi connectivity index (χ2n) is 4.68. The second-order valence-corrected chi connectivity index (χ2v) is 6.77. The maximum Gasteiger partial charge on any atom is 0.260 e. The van der Waals surface area contributed by atoms with Crippen molar-refractivity contribution in [1.29, 1.82) is 0 Å². The van der Waals surface area contributed by atoms with E-state index in [1.165, 1.54) is 10.5 Å². The highest BCUT2D eigenvalue weighted by molar-refractivity contribution is 7.89. The fourth-order valence-corrected chi connectivity index (χ4v) is 4.09. The first kappa shape index (κ1) is 16.4. The monoisotopic (exact) mass is 308 g/mol. The van der Waals surface area contributed by atoms with Crippen LogP contribution < -0.4 is 0 Å². The van der Waals surface area contributed by atoms with Crippen molar-refractivity contribution in [1.82, 2.24) is 19.4 Å². The SMILES string of the molecule is CCN(C(C)CN(C)C)S(=O)(=O)c1[nH]ncc1CCl. The van der Waals surface area contributed by atoms with E-state index >= 15 is 0 Å². The van der Waals surface area contributed by atoms with Gasteiger partial charge in [-0.2, -0.15) is 9.40 Å². The highest BCUT2D eigenvalue weighted by atomic mass is 35.5. The Morgan fingerprint density at radius 3 is 2.58 bits per heavy atom. The third-order valence-corrected chi connectivity index (χ3v) is 5.21. The van der Waals surface area contributed by atoms with Crippen molar-refractivity contribution in [3.63, 3.8) is 0 Å². The van der Waals surface area contributed by atoms with Crippen molar-refractivity contribution in [2.75, 3.05) is 27.2 Å². The smallest absolute Gasteiger partial charge is 0.260 e. The summed E-state index contributed by atoms with van der Waals surface area (Å²) in [5.74, 6) is 0.116. The van der Waals surface area contributed by atoms with Crippen molar-refractivity contribution in [2.24, 2.45) is 0 Å². The van der Waals surface area contributed by atoms with Gasteiger partial charge in [0.1, 0.15) is 0 Å². The van der Waals surface area contributed by atoms with Gasteiger partial charge in [0.25, 0.3) is 10.0 Å². The number of nitrogens with zero attached hydrogens (tertiary/aromatic N) is 3. The first-order valence-corrected chi connectivity index (χ1v) is 8.06. The number of nitrogens with one attached hydrogen (secondary N) is 1. The number of hydrogen-bond acceptors (Lipinski definition) is 4. The third-order valence-electron chi connectivity index (χ3n) is 2.82. The zero-order valence-corrected chi connectivity index (χ0v) is 13.3. The molecule has 8 heteroatoms. The van der Waals surface area contributed by atoms with Crippen molar-refractivity contribution >= 4 is 21.6 Å². The number of halogens is 1. The van der Waals surface area contributed by atoms with E-state index in [2.05, 4.69) is 10.2 Å². The van der Waals surface area contributed by atoms with E-state index in [4.69, 9.17) is 11.6 Å². The van der Waals surface area contributed by atoms with Crippen LogP contribution in [0.1, 0.15) is 19.4 Å². The van der Waals surface area contributed by atoms with Gasteiger partial charge < -0.3 is 4.90 Å². The standard InChI is InChI=1S/C11H21ClN4O2S/c1-5-16(9(2)8-15(3)4)19(17,18)11-10(6-12)7-13-14-11/h7,9H,5-6,8H2,1-4H3,(H,13,14). The third kappa shape index (κ3) is 3.68. The largest absolute Gasteiger partial charge is 0.308 e. The van der Waals surface area contributed by atoms with Crippen LogP contribution in [0.25, 0.3) is 0 Å². The van der Waals surface area contributed by atoms with Crippen LogP contribution in [-0.4, -0.2) is 61.0 Å². The van der Waals surface area contributed by atoms with Gasteiger partial charge in [-0.05, 0) is 21.0 Å². The Hall–Kier alpha value is -0.630. The number of likely N-dealkylation sites (N-methyl/N-ethyl adjacent to an activating group) is 2. The molecular weight excluding hydrogens is 288 g/mol. The molecule has 0 spiro atoms. The average molecular weight is 309 g/mol. The van der Waals surface area contributed by atoms with E-state index < -0.39 is 10.0 Å². The van der Waals surface area contributed by atoms with Crippen LogP contribution in [0, 0.1) is 0 Å². The van der Waals surface area contributed by atoms with Crippen LogP contribution in [0.3, 0.4) is 0 Å². The maximum atomic E-state index is 12.6. The van der Waals surface area contributed by atoms with Gasteiger partial charge in [0, 0.05) is 24.7 Å². The Morgan fingerprint density at radius 1 is 1.47 bits per heavy atom. The predicted molar refractivity (Wildman–Crippen MR) is 75.7 cm³/mol. The van der Waals surface area contributed by atoms with E-state index in [1.54, 1.807) is 0 Å². The summed E-state index contributed by atoms with van der Waals surface area (Å²) in [4.78, 5) is 1.96. The first-order chi connectivity index (χ1) is 8.84. The lowest BCUT2D eigenvalue weighted by molar-refractivity contribution is 0.271. The lowest BCUT2D eigenvalue weighted by Crippen LogP contribution is -2.43. The van der Waals surface area contributed by atoms with Crippen LogP contribution in [0.2, 0.25) is 0 Å². The van der Waals surface area contributed by atoms with Crippen molar-refractivity contribution < 1.29 is 8.42 Å². The minimum absolute atomic E-state index is 0.0926. The van der Waals surface area contributed by atoms with Crippen LogP contribution in [0.15, 0.2) is 11.2 Å². The highest BCUT2D eigenvalue weighted by Gasteiger charge is 2.31. The van der Waals surface area contributed by atoms with E-state index in [0.717, 1.165) is 0 Å². The Morgan fingerprint density at radius 2 is 2.11 bits per heavy atom. The summed E-state index contributed by atoms with van der Waals surface area (Å²) in [5, 5.41) is 6.41. The number of hydrogen-bond donors (Lipinski definition) is 1. The zero-order valence-electron chi connectivity index (χ0n) is 11.7. The molecule has 19 heavy (non-hydrogen) atoms. The van der Waals surface area contributed by atoms with Crippen LogP contribution in [0.4, 0.5) is 0 Å². The zero-order chi connectivity index (χ0) is 14.6. The maximum absolute atomic E-state index is 12.6. The number of aromatic amines is 1. The summed E-state index contributed by atoms with van der Waals surface area (Å²) in [5.41, 5.74) is 0.497. The van der Waals surface area contributed by atoms with Gasteiger partial charge in [0.05, 0.1) is 12.1 Å². The predicted octanol–water partition coefficient (Wildman–Crippen LogP) is 1.11. The second kappa shape index (κ2) is 6.69. The van der Waals surface area contributed by atoms with Crippen LogP contribution >= 0.6 is 11.6 Å². The number of aromatic nitrogens is 2. The number of H-pyrrole nitrogens is 1. The summed E-state index contributed by atoms with van der Waals surface area (Å²) in [7, 11) is 0.237. The molecule has 0 saturated heterocycles. The van der Waals surface area contributed by atoms with Crippen LogP contribution in [0.5, 0.6) is 0 Å². The molecule has 1 unspecified atom stereocenters. The normalized spacial score (nSPS) is 14.3. The molecular formula is C11H21ClN4O2S. The average Bonchev–Trinajstić information content (AvgIpc) is 2.76. The fourth-order valence-electron chi connectivity index (χ4n) is 2.07. The molecule has 0 aliphatic carbocycles. The van der Waals surface area contributed by atoms with Gasteiger partial charge in [-0.25, -0.2) is 8.42 Å². The topological polar surface area (TPSA) is 69.3 Å². The van der Waals surface area contributed by atoms with Crippen molar-refractivity contribution in [2.45, 2.75) is 30.8 Å². The molecule has 0 saturated carbocycles. The molecule has 1 aromatic rings. The number of alkyl halides is 1. The summed E-state index contributed by atoms with van der Waals surface area (Å²) in [6.45, 7) is 4.76. The molecule has 1 aromatic heterocycles. The number of rotatable bonds is 7. The molecule has 6 nitrogen and oxygen atoms in total. The van der Waals surface area contributed by atoms with Gasteiger partial charge in [0.2, 0.25) is 0 Å². The lowest BCUT2D eigenvalue weighted by Gasteiger charge is -2.28. The summed E-state index contributed by atoms with van der Waals surface area (Å²) >= 11 is 5.74. The van der Waals surface area contributed by atoms with Gasteiger partial charge in [0.15, 0.2) is 5.03 Å². The molecule has 0 aromatic carbocycles. The first-order valence-electron chi connectivity index (χ1n) is 6.09. The van der Waals surface area contributed by atoms with Gasteiger partial charge in [-0.15, -0.1) is 11.6 Å². The Kier molecular flexibility index (Phi) is 5.79. The van der Waals surface area contributed by atoms with E-state index in [-0.39, 0.29) is 16.9 Å². The molecule has 0 fully saturated rings. The molecule has 0 radical (unpaired) electrons. The Labute approximate surface area is 119 Å². The minimum atomic E-state index is -3.59. The molecule has 0 bridgehead atoms.